The van der Waals surface area contributed by atoms with Crippen LogP contribution < -0.4 is 0 Å². The first-order valence-corrected chi connectivity index (χ1v) is 17.5. The molecule has 0 aliphatic heterocycles. The summed E-state index contributed by atoms with van der Waals surface area (Å²) in [7, 11) is -3.16. The third kappa shape index (κ3) is 32.4. The van der Waals surface area contributed by atoms with Crippen molar-refractivity contribution in [3.8, 4) is 0 Å². The molecule has 0 spiro atoms. The van der Waals surface area contributed by atoms with Crippen molar-refractivity contribution < 1.29 is 33.0 Å². The standard InChI is InChI=1S/C31H61O7P.Sn/c1-3-5-7-9-11-13-15-17-19-21-23-25-30(32)36-27-29(28-37-39(34)35)38-31(33)26-24-22-20-18-16-14-12-10-8-6-4-2;/h29,39H,3-28H2,1-2H3,(H,34,35);/t29-;/m1./s1. The normalized spacial score (nSPS) is 12.5. The zero-order chi connectivity index (χ0) is 28.8. The van der Waals surface area contributed by atoms with Gasteiger partial charge in [0.1, 0.15) is 6.61 Å². The summed E-state index contributed by atoms with van der Waals surface area (Å²) in [5, 5.41) is 0. The van der Waals surface area contributed by atoms with Gasteiger partial charge in [0.05, 0.1) is 6.61 Å². The zero-order valence-electron chi connectivity index (χ0n) is 25.9. The Hall–Kier alpha value is -0.111. The van der Waals surface area contributed by atoms with Gasteiger partial charge in [-0.05, 0) is 12.8 Å². The molecule has 1 unspecified atom stereocenters. The number of carbonyl (C=O) groups is 2. The van der Waals surface area contributed by atoms with Crippen LogP contribution in [0.5, 0.6) is 0 Å². The van der Waals surface area contributed by atoms with Gasteiger partial charge in [-0.25, -0.2) is 0 Å². The van der Waals surface area contributed by atoms with Crippen molar-refractivity contribution in [1.82, 2.24) is 0 Å². The number of esters is 2. The van der Waals surface area contributed by atoms with E-state index < -0.39 is 20.3 Å². The molecule has 0 aromatic carbocycles. The molecule has 0 amide bonds. The van der Waals surface area contributed by atoms with Crippen molar-refractivity contribution in [3.63, 3.8) is 0 Å². The molecule has 40 heavy (non-hydrogen) atoms. The van der Waals surface area contributed by atoms with Gasteiger partial charge >= 0.3 is 20.2 Å². The number of rotatable bonds is 30. The molecule has 0 saturated heterocycles. The molecular formula is C31H61O7PSn. The van der Waals surface area contributed by atoms with Crippen LogP contribution >= 0.6 is 8.25 Å². The largest absolute Gasteiger partial charge is 0.462 e. The molecule has 9 heteroatoms. The van der Waals surface area contributed by atoms with E-state index in [2.05, 4.69) is 13.8 Å². The van der Waals surface area contributed by atoms with Crippen LogP contribution in [0, 0.1) is 0 Å². The van der Waals surface area contributed by atoms with E-state index in [1.54, 1.807) is 0 Å². The Bertz CT molecular complexity index is 592. The van der Waals surface area contributed by atoms with Crippen molar-refractivity contribution >= 4 is 44.1 Å². The number of unbranched alkanes of at least 4 members (excludes halogenated alkanes) is 20. The van der Waals surface area contributed by atoms with Crippen LogP contribution in [0.4, 0.5) is 0 Å². The molecule has 0 fully saturated rings. The molecule has 0 rings (SSSR count). The summed E-state index contributed by atoms with van der Waals surface area (Å²) in [6.45, 7) is 4.05. The minimum absolute atomic E-state index is 0. The maximum atomic E-state index is 12.2. The van der Waals surface area contributed by atoms with Crippen LogP contribution in [0.15, 0.2) is 0 Å². The molecule has 0 bridgehead atoms. The molecule has 0 aliphatic rings. The second-order valence-electron chi connectivity index (χ2n) is 10.9. The Kier molecular flexibility index (Phi) is 35.1. The Morgan fingerprint density at radius 2 is 0.925 bits per heavy atom. The monoisotopic (exact) mass is 696 g/mol. The van der Waals surface area contributed by atoms with Gasteiger partial charge in [0.2, 0.25) is 0 Å². The van der Waals surface area contributed by atoms with Gasteiger partial charge in [-0.2, -0.15) is 0 Å². The Balaban J connectivity index is 0. The van der Waals surface area contributed by atoms with Crippen molar-refractivity contribution in [2.45, 2.75) is 174 Å². The SMILES string of the molecule is CCCCCCCCCCCCCC(=O)OC[C@H](CO[PH](=O)O)OC(=O)CCCCCCCCCCCCC.[Sn]. The first-order valence-electron chi connectivity index (χ1n) is 16.2. The number of hydrogen-bond acceptors (Lipinski definition) is 6. The van der Waals surface area contributed by atoms with E-state index >= 15 is 0 Å². The molecule has 0 aliphatic carbocycles. The molecule has 4 radical (unpaired) electrons. The summed E-state index contributed by atoms with van der Waals surface area (Å²) in [4.78, 5) is 33.3. The van der Waals surface area contributed by atoms with Gasteiger partial charge in [0.15, 0.2) is 6.10 Å². The van der Waals surface area contributed by atoms with E-state index in [9.17, 15) is 14.2 Å². The summed E-state index contributed by atoms with van der Waals surface area (Å²) < 4.78 is 26.4. The van der Waals surface area contributed by atoms with Crippen LogP contribution in [-0.2, 0) is 28.2 Å². The maximum absolute atomic E-state index is 12.2. The van der Waals surface area contributed by atoms with E-state index in [1.807, 2.05) is 0 Å². The van der Waals surface area contributed by atoms with Gasteiger partial charge in [-0.1, -0.05) is 142 Å². The fourth-order valence-electron chi connectivity index (χ4n) is 4.65. The number of ether oxygens (including phenoxy) is 2. The molecule has 7 nitrogen and oxygen atoms in total. The summed E-state index contributed by atoms with van der Waals surface area (Å²) in [6.07, 6.45) is 26.2. The second-order valence-corrected chi connectivity index (χ2v) is 11.8. The summed E-state index contributed by atoms with van der Waals surface area (Å²) in [5.41, 5.74) is 0. The summed E-state index contributed by atoms with van der Waals surface area (Å²) in [5.74, 6) is -0.729. The Morgan fingerprint density at radius 1 is 0.575 bits per heavy atom. The van der Waals surface area contributed by atoms with Crippen LogP contribution in [0.3, 0.4) is 0 Å². The molecule has 0 aromatic heterocycles. The van der Waals surface area contributed by atoms with Crippen molar-refractivity contribution in [1.29, 1.82) is 0 Å². The van der Waals surface area contributed by atoms with E-state index in [1.165, 1.54) is 103 Å². The summed E-state index contributed by atoms with van der Waals surface area (Å²) >= 11 is 0. The van der Waals surface area contributed by atoms with E-state index in [-0.39, 0.29) is 49.5 Å². The first kappa shape index (κ1) is 42.0. The fourth-order valence-corrected chi connectivity index (χ4v) is 4.98. The van der Waals surface area contributed by atoms with Gasteiger partial charge in [0.25, 0.3) is 0 Å². The summed E-state index contributed by atoms with van der Waals surface area (Å²) in [6, 6.07) is 0. The topological polar surface area (TPSA) is 99.1 Å². The van der Waals surface area contributed by atoms with Crippen LogP contribution in [0.1, 0.15) is 168 Å². The van der Waals surface area contributed by atoms with Crippen molar-refractivity contribution in [2.75, 3.05) is 13.2 Å². The first-order chi connectivity index (χ1) is 19.0. The molecule has 0 aromatic rings. The quantitative estimate of drug-likeness (QED) is 0.0347. The third-order valence-corrected chi connectivity index (χ3v) is 7.50. The predicted octanol–water partition coefficient (Wildman–Crippen LogP) is 8.86. The molecule has 0 heterocycles. The number of carbonyl (C=O) groups excluding carboxylic acids is 2. The van der Waals surface area contributed by atoms with E-state index in [4.69, 9.17) is 18.9 Å². The molecular weight excluding hydrogens is 634 g/mol. The Labute approximate surface area is 263 Å². The minimum Gasteiger partial charge on any atom is -0.462 e. The van der Waals surface area contributed by atoms with Gasteiger partial charge in [-0.3, -0.25) is 14.2 Å². The zero-order valence-corrected chi connectivity index (χ0v) is 29.7. The van der Waals surface area contributed by atoms with Crippen molar-refractivity contribution in [3.05, 3.63) is 0 Å². The average Bonchev–Trinajstić information content (AvgIpc) is 2.91. The predicted molar refractivity (Wildman–Crippen MR) is 166 cm³/mol. The Morgan fingerprint density at radius 3 is 1.30 bits per heavy atom. The maximum Gasteiger partial charge on any atom is 0.316 e. The van der Waals surface area contributed by atoms with E-state index in [0.29, 0.717) is 6.42 Å². The van der Waals surface area contributed by atoms with Crippen LogP contribution in [-0.4, -0.2) is 60.1 Å². The van der Waals surface area contributed by atoms with Crippen LogP contribution in [0.25, 0.3) is 0 Å². The molecule has 0 saturated carbocycles. The third-order valence-electron chi connectivity index (χ3n) is 7.09. The smallest absolute Gasteiger partial charge is 0.316 e. The number of hydrogen-bond donors (Lipinski definition) is 1. The molecule has 236 valence electrons. The average molecular weight is 696 g/mol. The van der Waals surface area contributed by atoms with Gasteiger partial charge in [0, 0.05) is 36.7 Å². The second kappa shape index (κ2) is 33.4. The van der Waals surface area contributed by atoms with Gasteiger partial charge in [-0.15, -0.1) is 0 Å². The minimum atomic E-state index is -3.16. The van der Waals surface area contributed by atoms with Crippen LogP contribution in [0.2, 0.25) is 0 Å². The molecule has 1 N–H and O–H groups in total. The van der Waals surface area contributed by atoms with Gasteiger partial charge < -0.3 is 18.9 Å². The fraction of sp³-hybridized carbons (Fsp3) is 0.935. The molecule has 2 atom stereocenters. The van der Waals surface area contributed by atoms with Crippen molar-refractivity contribution in [2.24, 2.45) is 0 Å². The van der Waals surface area contributed by atoms with E-state index in [0.717, 1.165) is 38.5 Å².